The zero-order chi connectivity index (χ0) is 7.40. The van der Waals surface area contributed by atoms with E-state index >= 15 is 0 Å². The summed E-state index contributed by atoms with van der Waals surface area (Å²) >= 11 is 0.664. The highest BCUT2D eigenvalue weighted by molar-refractivity contribution is 8.13. The Morgan fingerprint density at radius 2 is 2.50 bits per heavy atom. The van der Waals surface area contributed by atoms with Gasteiger partial charge in [0.2, 0.25) is 0 Å². The van der Waals surface area contributed by atoms with Gasteiger partial charge in [0.25, 0.3) is 0 Å². The summed E-state index contributed by atoms with van der Waals surface area (Å²) in [6.07, 6.45) is 2.81. The van der Waals surface area contributed by atoms with Crippen molar-refractivity contribution in [3.63, 3.8) is 0 Å². The minimum absolute atomic E-state index is 0.447. The summed E-state index contributed by atoms with van der Waals surface area (Å²) in [7, 11) is 0. The standard InChI is InChI=1S/C5H4N2O2S/c8-5(9)10-4-1-2-6-3-7-4/h1-3H,(H,8,9). The monoisotopic (exact) mass is 156 g/mol. The number of carboxylic acid groups (broad SMARTS) is 1. The second-order valence-corrected chi connectivity index (χ2v) is 2.39. The molecule has 1 heterocycles. The molecular weight excluding hydrogens is 152 g/mol. The summed E-state index contributed by atoms with van der Waals surface area (Å²) in [4.78, 5) is 17.4. The molecule has 0 bridgehead atoms. The fourth-order valence-corrected chi connectivity index (χ4v) is 0.836. The molecule has 0 fully saturated rings. The van der Waals surface area contributed by atoms with E-state index in [1.54, 1.807) is 6.07 Å². The molecular formula is C5H4N2O2S. The Morgan fingerprint density at radius 3 is 3.00 bits per heavy atom. The van der Waals surface area contributed by atoms with Gasteiger partial charge in [-0.25, -0.2) is 14.8 Å². The second kappa shape index (κ2) is 3.17. The van der Waals surface area contributed by atoms with Gasteiger partial charge < -0.3 is 5.11 Å². The molecule has 0 spiro atoms. The molecule has 0 radical (unpaired) electrons. The molecule has 1 rings (SSSR count). The van der Waals surface area contributed by atoms with Crippen LogP contribution < -0.4 is 0 Å². The fraction of sp³-hybridized carbons (Fsp3) is 0. The van der Waals surface area contributed by atoms with Crippen molar-refractivity contribution in [2.75, 3.05) is 0 Å². The zero-order valence-electron chi connectivity index (χ0n) is 4.89. The molecule has 1 aromatic rings. The molecule has 0 atom stereocenters. The summed E-state index contributed by atoms with van der Waals surface area (Å²) in [5.74, 6) is 0. The van der Waals surface area contributed by atoms with E-state index in [2.05, 4.69) is 9.97 Å². The van der Waals surface area contributed by atoms with Crippen LogP contribution in [0.2, 0.25) is 0 Å². The van der Waals surface area contributed by atoms with Crippen LogP contribution in [-0.4, -0.2) is 20.4 Å². The number of thioether (sulfide) groups is 1. The van der Waals surface area contributed by atoms with Crippen molar-refractivity contribution >= 4 is 17.1 Å². The van der Waals surface area contributed by atoms with Crippen LogP contribution in [0.1, 0.15) is 0 Å². The lowest BCUT2D eigenvalue weighted by Gasteiger charge is -1.90. The average Bonchev–Trinajstić information content (AvgIpc) is 1.88. The maximum absolute atomic E-state index is 10.1. The number of hydrogen-bond acceptors (Lipinski definition) is 4. The van der Waals surface area contributed by atoms with Crippen LogP contribution in [0.25, 0.3) is 0 Å². The van der Waals surface area contributed by atoms with E-state index in [4.69, 9.17) is 5.11 Å². The first-order valence-corrected chi connectivity index (χ1v) is 3.27. The molecule has 10 heavy (non-hydrogen) atoms. The Balaban J connectivity index is 2.67. The summed E-state index contributed by atoms with van der Waals surface area (Å²) in [5.41, 5.74) is 0. The third-order valence-corrected chi connectivity index (χ3v) is 1.37. The van der Waals surface area contributed by atoms with E-state index < -0.39 is 5.30 Å². The number of nitrogens with zero attached hydrogens (tertiary/aromatic N) is 2. The highest BCUT2D eigenvalue weighted by Crippen LogP contribution is 2.12. The van der Waals surface area contributed by atoms with E-state index in [-0.39, 0.29) is 0 Å². The van der Waals surface area contributed by atoms with E-state index in [9.17, 15) is 4.79 Å². The molecule has 1 N–H and O–H groups in total. The van der Waals surface area contributed by atoms with Gasteiger partial charge in [-0.15, -0.1) is 0 Å². The number of hydrogen-bond donors (Lipinski definition) is 1. The fourth-order valence-electron chi connectivity index (χ4n) is 0.428. The summed E-state index contributed by atoms with van der Waals surface area (Å²) in [6.45, 7) is 0. The topological polar surface area (TPSA) is 63.1 Å². The molecule has 1 aromatic heterocycles. The molecule has 5 heteroatoms. The van der Waals surface area contributed by atoms with Gasteiger partial charge in [0, 0.05) is 18.0 Å². The van der Waals surface area contributed by atoms with Gasteiger partial charge in [-0.1, -0.05) is 0 Å². The molecule has 0 saturated heterocycles. The number of aromatic nitrogens is 2. The van der Waals surface area contributed by atoms with Gasteiger partial charge in [-0.3, -0.25) is 0 Å². The quantitative estimate of drug-likeness (QED) is 0.489. The molecule has 0 saturated carbocycles. The predicted molar refractivity (Wildman–Crippen MR) is 35.9 cm³/mol. The van der Waals surface area contributed by atoms with Crippen LogP contribution in [-0.2, 0) is 0 Å². The molecule has 52 valence electrons. The molecule has 0 aliphatic carbocycles. The first-order chi connectivity index (χ1) is 4.79. The van der Waals surface area contributed by atoms with Gasteiger partial charge in [0.05, 0.1) is 0 Å². The maximum Gasteiger partial charge on any atom is 0.371 e. The normalized spacial score (nSPS) is 9.20. The average molecular weight is 156 g/mol. The SMILES string of the molecule is O=C(O)Sc1ccncn1. The molecule has 4 nitrogen and oxygen atoms in total. The van der Waals surface area contributed by atoms with Crippen LogP contribution >= 0.6 is 11.8 Å². The predicted octanol–water partition coefficient (Wildman–Crippen LogP) is 1.25. The third-order valence-electron chi connectivity index (χ3n) is 0.747. The Kier molecular flexibility index (Phi) is 2.22. The van der Waals surface area contributed by atoms with E-state index in [1.807, 2.05) is 0 Å². The largest absolute Gasteiger partial charge is 0.473 e. The first-order valence-electron chi connectivity index (χ1n) is 2.46. The van der Waals surface area contributed by atoms with Gasteiger partial charge in [-0.2, -0.15) is 0 Å². The highest BCUT2D eigenvalue weighted by atomic mass is 32.2. The summed E-state index contributed by atoms with van der Waals surface area (Å²) in [6, 6.07) is 1.54. The lowest BCUT2D eigenvalue weighted by Crippen LogP contribution is -1.86. The number of carbonyl (C=O) groups is 1. The minimum atomic E-state index is -0.960. The zero-order valence-corrected chi connectivity index (χ0v) is 5.71. The lowest BCUT2D eigenvalue weighted by molar-refractivity contribution is 0.222. The van der Waals surface area contributed by atoms with Crippen molar-refractivity contribution in [2.45, 2.75) is 5.03 Å². The lowest BCUT2D eigenvalue weighted by atomic mass is 10.7. The molecule has 0 aliphatic rings. The smallest absolute Gasteiger partial charge is 0.371 e. The van der Waals surface area contributed by atoms with Crippen LogP contribution in [0.15, 0.2) is 23.6 Å². The molecule has 0 amide bonds. The van der Waals surface area contributed by atoms with Crippen molar-refractivity contribution in [2.24, 2.45) is 0 Å². The number of rotatable bonds is 1. The molecule has 0 unspecified atom stereocenters. The summed E-state index contributed by atoms with van der Waals surface area (Å²) in [5, 5.41) is 7.76. The van der Waals surface area contributed by atoms with E-state index in [0.29, 0.717) is 16.8 Å². The highest BCUT2D eigenvalue weighted by Gasteiger charge is 1.99. The Bertz CT molecular complexity index is 226. The Hall–Kier alpha value is -1.10. The van der Waals surface area contributed by atoms with Crippen molar-refractivity contribution < 1.29 is 9.90 Å². The minimum Gasteiger partial charge on any atom is -0.473 e. The third kappa shape index (κ3) is 2.02. The van der Waals surface area contributed by atoms with Crippen molar-refractivity contribution in [3.05, 3.63) is 18.6 Å². The summed E-state index contributed by atoms with van der Waals surface area (Å²) < 4.78 is 0. The van der Waals surface area contributed by atoms with E-state index in [1.165, 1.54) is 12.5 Å². The van der Waals surface area contributed by atoms with E-state index in [0.717, 1.165) is 0 Å². The van der Waals surface area contributed by atoms with Crippen molar-refractivity contribution in [3.8, 4) is 0 Å². The molecule has 0 aliphatic heterocycles. The van der Waals surface area contributed by atoms with Gasteiger partial charge in [-0.05, 0) is 6.07 Å². The Labute approximate surface area is 61.3 Å². The Morgan fingerprint density at radius 1 is 1.70 bits per heavy atom. The van der Waals surface area contributed by atoms with Crippen molar-refractivity contribution in [1.82, 2.24) is 9.97 Å². The maximum atomic E-state index is 10.1. The second-order valence-electron chi connectivity index (χ2n) is 1.42. The van der Waals surface area contributed by atoms with Gasteiger partial charge >= 0.3 is 5.30 Å². The van der Waals surface area contributed by atoms with Crippen LogP contribution in [0, 0.1) is 0 Å². The molecule has 0 aromatic carbocycles. The van der Waals surface area contributed by atoms with Gasteiger partial charge in [0.15, 0.2) is 0 Å². The first kappa shape index (κ1) is 7.01. The van der Waals surface area contributed by atoms with Gasteiger partial charge in [0.1, 0.15) is 11.4 Å². The van der Waals surface area contributed by atoms with Crippen LogP contribution in [0.4, 0.5) is 4.79 Å². The van der Waals surface area contributed by atoms with Crippen LogP contribution in [0.5, 0.6) is 0 Å². The van der Waals surface area contributed by atoms with Crippen LogP contribution in [0.3, 0.4) is 0 Å². The van der Waals surface area contributed by atoms with Crippen molar-refractivity contribution in [1.29, 1.82) is 0 Å².